The highest BCUT2D eigenvalue weighted by Gasteiger charge is 2.17. The molecule has 0 atom stereocenters. The molecule has 0 radical (unpaired) electrons. The highest BCUT2D eigenvalue weighted by atomic mass is 16.5. The molecular formula is C14H19N3O. The van der Waals surface area contributed by atoms with Crippen LogP contribution in [0.1, 0.15) is 23.7 Å². The summed E-state index contributed by atoms with van der Waals surface area (Å²) in [5.41, 5.74) is 9.97. The Bertz CT molecular complexity index is 546. The summed E-state index contributed by atoms with van der Waals surface area (Å²) in [6, 6.07) is 8.17. The van der Waals surface area contributed by atoms with E-state index in [0.717, 1.165) is 29.2 Å². The van der Waals surface area contributed by atoms with Crippen LogP contribution in [0, 0.1) is 6.92 Å². The smallest absolute Gasteiger partial charge is 0.221 e. The zero-order chi connectivity index (χ0) is 13.1. The summed E-state index contributed by atoms with van der Waals surface area (Å²) in [5, 5.41) is 4.59. The second-order valence-electron chi connectivity index (χ2n) is 4.24. The van der Waals surface area contributed by atoms with Crippen LogP contribution in [0.15, 0.2) is 24.3 Å². The largest absolute Gasteiger partial charge is 0.481 e. The SMILES string of the molecule is CCc1nn(-c2cccc(C)c2)c(OC)c1CN. The molecule has 0 bridgehead atoms. The molecular weight excluding hydrogens is 226 g/mol. The molecule has 0 aliphatic rings. The summed E-state index contributed by atoms with van der Waals surface area (Å²) in [6.07, 6.45) is 0.849. The zero-order valence-electron chi connectivity index (χ0n) is 11.1. The molecule has 0 amide bonds. The molecule has 18 heavy (non-hydrogen) atoms. The zero-order valence-corrected chi connectivity index (χ0v) is 11.1. The summed E-state index contributed by atoms with van der Waals surface area (Å²) >= 11 is 0. The van der Waals surface area contributed by atoms with Gasteiger partial charge in [0.05, 0.1) is 24.1 Å². The summed E-state index contributed by atoms with van der Waals surface area (Å²) in [7, 11) is 1.65. The normalized spacial score (nSPS) is 10.7. The molecule has 0 saturated carbocycles. The Kier molecular flexibility index (Phi) is 3.67. The third-order valence-electron chi connectivity index (χ3n) is 3.00. The first-order valence-corrected chi connectivity index (χ1v) is 6.13. The first kappa shape index (κ1) is 12.6. The monoisotopic (exact) mass is 245 g/mol. The molecule has 2 aromatic rings. The number of hydrogen-bond donors (Lipinski definition) is 1. The summed E-state index contributed by atoms with van der Waals surface area (Å²) in [6.45, 7) is 4.57. The van der Waals surface area contributed by atoms with Gasteiger partial charge in [-0.25, -0.2) is 4.68 Å². The molecule has 1 heterocycles. The van der Waals surface area contributed by atoms with Crippen LogP contribution in [0.25, 0.3) is 5.69 Å². The molecule has 4 nitrogen and oxygen atoms in total. The van der Waals surface area contributed by atoms with Crippen molar-refractivity contribution in [2.24, 2.45) is 5.73 Å². The van der Waals surface area contributed by atoms with E-state index in [-0.39, 0.29) is 0 Å². The van der Waals surface area contributed by atoms with E-state index in [1.54, 1.807) is 7.11 Å². The van der Waals surface area contributed by atoms with Gasteiger partial charge < -0.3 is 10.5 Å². The molecule has 96 valence electrons. The van der Waals surface area contributed by atoms with Crippen LogP contribution in [-0.2, 0) is 13.0 Å². The summed E-state index contributed by atoms with van der Waals surface area (Å²) < 4.78 is 7.29. The van der Waals surface area contributed by atoms with Crippen molar-refractivity contribution in [1.29, 1.82) is 0 Å². The topological polar surface area (TPSA) is 53.1 Å². The van der Waals surface area contributed by atoms with E-state index in [1.807, 2.05) is 16.8 Å². The lowest BCUT2D eigenvalue weighted by atomic mass is 10.2. The van der Waals surface area contributed by atoms with Crippen LogP contribution < -0.4 is 10.5 Å². The number of hydrogen-bond acceptors (Lipinski definition) is 3. The minimum atomic E-state index is 0.443. The third-order valence-corrected chi connectivity index (χ3v) is 3.00. The Morgan fingerprint density at radius 2 is 2.17 bits per heavy atom. The van der Waals surface area contributed by atoms with Crippen molar-refractivity contribution in [3.8, 4) is 11.6 Å². The Morgan fingerprint density at radius 1 is 1.39 bits per heavy atom. The average molecular weight is 245 g/mol. The molecule has 0 spiro atoms. The molecule has 1 aromatic carbocycles. The fraction of sp³-hybridized carbons (Fsp3) is 0.357. The molecule has 2 N–H and O–H groups in total. The standard InChI is InChI=1S/C14H19N3O/c1-4-13-12(9-15)14(18-3)17(16-13)11-7-5-6-10(2)8-11/h5-8H,4,9,15H2,1-3H3. The van der Waals surface area contributed by atoms with Crippen molar-refractivity contribution in [3.05, 3.63) is 41.1 Å². The molecule has 0 aliphatic carbocycles. The van der Waals surface area contributed by atoms with Gasteiger partial charge in [0, 0.05) is 6.54 Å². The van der Waals surface area contributed by atoms with Crippen LogP contribution in [0.5, 0.6) is 5.88 Å². The highest BCUT2D eigenvalue weighted by molar-refractivity contribution is 5.42. The van der Waals surface area contributed by atoms with E-state index in [1.165, 1.54) is 5.56 Å². The molecule has 2 rings (SSSR count). The van der Waals surface area contributed by atoms with Crippen LogP contribution in [0.3, 0.4) is 0 Å². The third kappa shape index (κ3) is 2.11. The van der Waals surface area contributed by atoms with Crippen molar-refractivity contribution in [3.63, 3.8) is 0 Å². The number of aryl methyl sites for hydroxylation is 2. The molecule has 0 fully saturated rings. The number of aromatic nitrogens is 2. The highest BCUT2D eigenvalue weighted by Crippen LogP contribution is 2.26. The maximum atomic E-state index is 5.79. The van der Waals surface area contributed by atoms with E-state index in [4.69, 9.17) is 10.5 Å². The second-order valence-corrected chi connectivity index (χ2v) is 4.24. The van der Waals surface area contributed by atoms with Crippen molar-refractivity contribution in [2.45, 2.75) is 26.8 Å². The van der Waals surface area contributed by atoms with E-state index in [9.17, 15) is 0 Å². The van der Waals surface area contributed by atoms with Crippen LogP contribution in [0.2, 0.25) is 0 Å². The van der Waals surface area contributed by atoms with Crippen LogP contribution in [0.4, 0.5) is 0 Å². The van der Waals surface area contributed by atoms with Gasteiger partial charge in [0.1, 0.15) is 0 Å². The number of rotatable bonds is 4. The molecule has 0 aliphatic heterocycles. The number of nitrogens with two attached hydrogens (primary N) is 1. The lowest BCUT2D eigenvalue weighted by Crippen LogP contribution is -2.03. The number of nitrogens with zero attached hydrogens (tertiary/aromatic N) is 2. The fourth-order valence-corrected chi connectivity index (χ4v) is 2.11. The predicted molar refractivity (Wildman–Crippen MR) is 72.1 cm³/mol. The lowest BCUT2D eigenvalue weighted by molar-refractivity contribution is 0.379. The average Bonchev–Trinajstić information content (AvgIpc) is 2.76. The van der Waals surface area contributed by atoms with E-state index < -0.39 is 0 Å². The van der Waals surface area contributed by atoms with Gasteiger partial charge in [-0.05, 0) is 31.0 Å². The van der Waals surface area contributed by atoms with Gasteiger partial charge in [-0.3, -0.25) is 0 Å². The van der Waals surface area contributed by atoms with Crippen molar-refractivity contribution < 1.29 is 4.74 Å². The van der Waals surface area contributed by atoms with Gasteiger partial charge in [-0.15, -0.1) is 0 Å². The van der Waals surface area contributed by atoms with E-state index in [2.05, 4.69) is 31.1 Å². The van der Waals surface area contributed by atoms with Gasteiger partial charge in [0.2, 0.25) is 5.88 Å². The molecule has 1 aromatic heterocycles. The fourth-order valence-electron chi connectivity index (χ4n) is 2.11. The number of ether oxygens (including phenoxy) is 1. The van der Waals surface area contributed by atoms with Gasteiger partial charge in [-0.2, -0.15) is 5.10 Å². The second kappa shape index (κ2) is 5.23. The van der Waals surface area contributed by atoms with E-state index in [0.29, 0.717) is 6.54 Å². The maximum absolute atomic E-state index is 5.79. The quantitative estimate of drug-likeness (QED) is 0.898. The van der Waals surface area contributed by atoms with Crippen molar-refractivity contribution in [2.75, 3.05) is 7.11 Å². The Morgan fingerprint density at radius 3 is 2.72 bits per heavy atom. The first-order valence-electron chi connectivity index (χ1n) is 6.13. The van der Waals surface area contributed by atoms with Crippen LogP contribution in [-0.4, -0.2) is 16.9 Å². The lowest BCUT2D eigenvalue weighted by Gasteiger charge is -2.07. The van der Waals surface area contributed by atoms with Crippen LogP contribution >= 0.6 is 0 Å². The summed E-state index contributed by atoms with van der Waals surface area (Å²) in [5.74, 6) is 0.736. The van der Waals surface area contributed by atoms with E-state index >= 15 is 0 Å². The molecule has 0 unspecified atom stereocenters. The van der Waals surface area contributed by atoms with Crippen molar-refractivity contribution in [1.82, 2.24) is 9.78 Å². The van der Waals surface area contributed by atoms with Gasteiger partial charge in [0.25, 0.3) is 0 Å². The Hall–Kier alpha value is -1.81. The van der Waals surface area contributed by atoms with Gasteiger partial charge >= 0.3 is 0 Å². The Labute approximate surface area is 107 Å². The maximum Gasteiger partial charge on any atom is 0.221 e. The summed E-state index contributed by atoms with van der Waals surface area (Å²) in [4.78, 5) is 0. The van der Waals surface area contributed by atoms with Gasteiger partial charge in [0.15, 0.2) is 0 Å². The van der Waals surface area contributed by atoms with Crippen molar-refractivity contribution >= 4 is 0 Å². The minimum Gasteiger partial charge on any atom is -0.481 e. The predicted octanol–water partition coefficient (Wildman–Crippen LogP) is 2.21. The molecule has 4 heteroatoms. The first-order chi connectivity index (χ1) is 8.71. The Balaban J connectivity index is 2.60. The number of benzene rings is 1. The van der Waals surface area contributed by atoms with Gasteiger partial charge in [-0.1, -0.05) is 19.1 Å². The molecule has 0 saturated heterocycles. The number of methoxy groups -OCH3 is 1. The minimum absolute atomic E-state index is 0.443.